The first kappa shape index (κ1) is 27.4. The van der Waals surface area contributed by atoms with Crippen LogP contribution in [0.3, 0.4) is 0 Å². The highest BCUT2D eigenvalue weighted by Gasteiger charge is 2.35. The third-order valence-corrected chi connectivity index (χ3v) is 9.29. The molecule has 0 saturated heterocycles. The van der Waals surface area contributed by atoms with E-state index in [0.29, 0.717) is 5.76 Å². The van der Waals surface area contributed by atoms with Gasteiger partial charge in [0.1, 0.15) is 0 Å². The van der Waals surface area contributed by atoms with Crippen LogP contribution in [0.25, 0.3) is 17.9 Å². The molecule has 4 aliphatic heterocycles. The van der Waals surface area contributed by atoms with E-state index in [9.17, 15) is 5.11 Å². The predicted octanol–water partition coefficient (Wildman–Crippen LogP) is 7.63. The highest BCUT2D eigenvalue weighted by atomic mass is 16.3. The number of nitrogens with zero attached hydrogens (tertiary/aromatic N) is 3. The number of rotatable bonds is 6. The van der Waals surface area contributed by atoms with Gasteiger partial charge in [-0.3, -0.25) is 0 Å². The fourth-order valence-corrected chi connectivity index (χ4v) is 7.48. The maximum absolute atomic E-state index is 10.9. The second kappa shape index (κ2) is 10.6. The van der Waals surface area contributed by atoms with Crippen LogP contribution in [0.4, 0.5) is 0 Å². The van der Waals surface area contributed by atoms with E-state index in [0.717, 1.165) is 107 Å². The number of allylic oxidation sites excluding steroid dienone is 8. The van der Waals surface area contributed by atoms with Gasteiger partial charge in [0.05, 0.1) is 45.3 Å². The fourth-order valence-electron chi connectivity index (χ4n) is 7.48. The molecule has 0 aromatic carbocycles. The fraction of sp³-hybridized carbons (Fsp3) is 0.417. The van der Waals surface area contributed by atoms with Crippen LogP contribution in [0.15, 0.2) is 77.2 Å². The number of hydrogen-bond donors (Lipinski definition) is 2. The normalized spacial score (nSPS) is 20.5. The maximum Gasteiger partial charge on any atom is 0.0988 e. The molecule has 1 aliphatic carbocycles. The monoisotopic (exact) mass is 546 g/mol. The molecule has 5 heterocycles. The Labute approximate surface area is 243 Å². The summed E-state index contributed by atoms with van der Waals surface area (Å²) in [5.74, 6) is 0.324. The summed E-state index contributed by atoms with van der Waals surface area (Å²) in [5, 5.41) is 12.7. The molecule has 212 valence electrons. The van der Waals surface area contributed by atoms with Crippen LogP contribution in [0.1, 0.15) is 105 Å². The number of hydrogen-bond acceptors (Lipinski definition) is 4. The van der Waals surface area contributed by atoms with Crippen LogP contribution in [-0.4, -0.2) is 27.2 Å². The molecule has 5 heteroatoms. The average Bonchev–Trinajstić information content (AvgIpc) is 3.74. The summed E-state index contributed by atoms with van der Waals surface area (Å²) in [6.07, 6.45) is 14.0. The highest BCUT2D eigenvalue weighted by molar-refractivity contribution is 6.24. The quantitative estimate of drug-likeness (QED) is 0.378. The smallest absolute Gasteiger partial charge is 0.0988 e. The van der Waals surface area contributed by atoms with E-state index in [1.54, 1.807) is 6.92 Å². The van der Waals surface area contributed by atoms with Crippen LogP contribution in [-0.2, 0) is 6.42 Å². The van der Waals surface area contributed by atoms with E-state index in [1.165, 1.54) is 39.0 Å². The number of H-pyrrole nitrogens is 1. The molecule has 0 unspecified atom stereocenters. The average molecular weight is 547 g/mol. The number of nitrogens with one attached hydrogen (secondary N) is 1. The van der Waals surface area contributed by atoms with E-state index in [-0.39, 0.29) is 0 Å². The first-order valence-electron chi connectivity index (χ1n) is 15.6. The summed E-state index contributed by atoms with van der Waals surface area (Å²) in [4.78, 5) is 19.6. The Kier molecular flexibility index (Phi) is 7.09. The molecule has 0 saturated carbocycles. The van der Waals surface area contributed by atoms with Crippen LogP contribution >= 0.6 is 0 Å². The SMILES string of the molecule is CCC1=C(CC)C2=NC1=CC1=NC3=C(CCC3=C1CC)C1=NC(=Cc3[nH]c(/c(=C(\C)O)c3CC)=C2)C(CC)=C1CC. The molecule has 2 N–H and O–H groups in total. The van der Waals surface area contributed by atoms with Crippen LogP contribution in [0.5, 0.6) is 0 Å². The topological polar surface area (TPSA) is 73.1 Å². The van der Waals surface area contributed by atoms with Gasteiger partial charge in [0.25, 0.3) is 0 Å². The van der Waals surface area contributed by atoms with Crippen molar-refractivity contribution in [2.75, 3.05) is 0 Å². The lowest BCUT2D eigenvalue weighted by molar-refractivity contribution is 0.498. The van der Waals surface area contributed by atoms with Gasteiger partial charge in [-0.1, -0.05) is 41.5 Å². The molecule has 6 rings (SSSR count). The Morgan fingerprint density at radius 2 is 1.29 bits per heavy atom. The van der Waals surface area contributed by atoms with Crippen LogP contribution < -0.4 is 10.6 Å². The number of aliphatic imine (C=N–C) groups is 3. The third-order valence-electron chi connectivity index (χ3n) is 9.29. The van der Waals surface area contributed by atoms with Crippen molar-refractivity contribution in [3.63, 3.8) is 0 Å². The molecule has 0 spiro atoms. The molecule has 0 amide bonds. The number of aromatic nitrogens is 1. The van der Waals surface area contributed by atoms with E-state index in [4.69, 9.17) is 15.0 Å². The number of aromatic amines is 1. The van der Waals surface area contributed by atoms with Crippen molar-refractivity contribution in [3.05, 3.63) is 84.0 Å². The van der Waals surface area contributed by atoms with Gasteiger partial charge in [0.15, 0.2) is 0 Å². The lowest BCUT2D eigenvalue weighted by Gasteiger charge is -2.08. The van der Waals surface area contributed by atoms with Crippen molar-refractivity contribution in [1.82, 2.24) is 4.98 Å². The van der Waals surface area contributed by atoms with Crippen molar-refractivity contribution < 1.29 is 5.11 Å². The first-order chi connectivity index (χ1) is 19.9. The molecule has 8 bridgehead atoms. The van der Waals surface area contributed by atoms with E-state index >= 15 is 0 Å². The van der Waals surface area contributed by atoms with Gasteiger partial charge in [0.2, 0.25) is 0 Å². The molecule has 0 fully saturated rings. The zero-order chi connectivity index (χ0) is 29.0. The van der Waals surface area contributed by atoms with E-state index in [2.05, 4.69) is 64.8 Å². The Balaban J connectivity index is 1.75. The van der Waals surface area contributed by atoms with Crippen molar-refractivity contribution in [2.45, 2.75) is 99.8 Å². The van der Waals surface area contributed by atoms with Gasteiger partial charge in [-0.15, -0.1) is 0 Å². The van der Waals surface area contributed by atoms with Gasteiger partial charge < -0.3 is 10.1 Å². The second-order valence-electron chi connectivity index (χ2n) is 11.4. The molecule has 5 nitrogen and oxygen atoms in total. The summed E-state index contributed by atoms with van der Waals surface area (Å²) in [6, 6.07) is 0. The minimum atomic E-state index is 0.324. The van der Waals surface area contributed by atoms with Crippen LogP contribution in [0.2, 0.25) is 0 Å². The minimum absolute atomic E-state index is 0.324. The van der Waals surface area contributed by atoms with Gasteiger partial charge in [-0.25, -0.2) is 15.0 Å². The lowest BCUT2D eigenvalue weighted by atomic mass is 9.95. The molecule has 41 heavy (non-hydrogen) atoms. The molecule has 1 aromatic rings. The van der Waals surface area contributed by atoms with Crippen molar-refractivity contribution in [2.24, 2.45) is 15.0 Å². The van der Waals surface area contributed by atoms with Gasteiger partial charge in [-0.2, -0.15) is 0 Å². The zero-order valence-corrected chi connectivity index (χ0v) is 25.7. The molecular weight excluding hydrogens is 504 g/mol. The van der Waals surface area contributed by atoms with Gasteiger partial charge >= 0.3 is 0 Å². The van der Waals surface area contributed by atoms with Gasteiger partial charge in [0, 0.05) is 16.5 Å². The molecule has 0 atom stereocenters. The summed E-state index contributed by atoms with van der Waals surface area (Å²) < 4.78 is 0. The van der Waals surface area contributed by atoms with Crippen molar-refractivity contribution in [3.8, 4) is 0 Å². The Hall–Kier alpha value is -3.73. The summed E-state index contributed by atoms with van der Waals surface area (Å²) in [7, 11) is 0. The zero-order valence-electron chi connectivity index (χ0n) is 25.7. The Bertz CT molecular complexity index is 1780. The maximum atomic E-state index is 10.9. The molecule has 0 radical (unpaired) electrons. The van der Waals surface area contributed by atoms with E-state index in [1.807, 2.05) is 0 Å². The largest absolute Gasteiger partial charge is 0.512 e. The Morgan fingerprint density at radius 1 is 0.683 bits per heavy atom. The number of fused-ring (bicyclic) bond motifs is 5. The first-order valence-corrected chi connectivity index (χ1v) is 15.6. The number of aliphatic hydroxyl groups is 1. The number of aliphatic hydroxyl groups excluding tert-OH is 1. The van der Waals surface area contributed by atoms with E-state index < -0.39 is 0 Å². The molecular formula is C36H42N4O. The minimum Gasteiger partial charge on any atom is -0.512 e. The summed E-state index contributed by atoms with van der Waals surface area (Å²) in [6.45, 7) is 15.1. The van der Waals surface area contributed by atoms with Crippen molar-refractivity contribution in [1.29, 1.82) is 0 Å². The van der Waals surface area contributed by atoms with Crippen molar-refractivity contribution >= 4 is 35.0 Å². The standard InChI is InChI=1S/C36H42N4O/c1-8-20-21(9-2)29-18-33-34(19(7)41)25(13-6)32(38-33)17-30-22(10-3)24(12-5)35(39-30)27-15-14-26-23(11-4)31(40-36(26)27)16-28(20)37-29/h16-18,38,41H,8-15H2,1-7H3/b28-16?,30-17?,33-18?,34-19+. The summed E-state index contributed by atoms with van der Waals surface area (Å²) >= 11 is 0. The Morgan fingerprint density at radius 3 is 1.93 bits per heavy atom. The second-order valence-corrected chi connectivity index (χ2v) is 11.4. The highest BCUT2D eigenvalue weighted by Crippen LogP contribution is 2.45. The third kappa shape index (κ3) is 4.15. The van der Waals surface area contributed by atoms with Gasteiger partial charge in [-0.05, 0) is 116 Å². The van der Waals surface area contributed by atoms with Crippen LogP contribution in [0, 0.1) is 0 Å². The lowest BCUT2D eigenvalue weighted by Crippen LogP contribution is -2.28. The predicted molar refractivity (Wildman–Crippen MR) is 173 cm³/mol. The summed E-state index contributed by atoms with van der Waals surface area (Å²) in [5.41, 5.74) is 17.8. The molecule has 1 aromatic heterocycles. The molecule has 5 aliphatic rings.